The molecule has 9 heteroatoms. The van der Waals surface area contributed by atoms with Gasteiger partial charge in [0.15, 0.2) is 5.78 Å². The molecule has 1 atom stereocenters. The van der Waals surface area contributed by atoms with Gasteiger partial charge in [-0.15, -0.1) is 0 Å². The number of carbonyl (C=O) groups is 1. The number of carbonyl (C=O) groups excluding carboxylic acids is 1. The number of nitrogens with two attached hydrogens (primary N) is 1. The number of anilines is 1. The molecule has 3 rings (SSSR count). The summed E-state index contributed by atoms with van der Waals surface area (Å²) in [6.45, 7) is 1.72. The number of nitrogens with one attached hydrogen (secondary N) is 1. The van der Waals surface area contributed by atoms with Crippen LogP contribution in [-0.2, 0) is 14.8 Å². The Bertz CT molecular complexity index is 1090. The van der Waals surface area contributed by atoms with Crippen LogP contribution in [0.5, 0.6) is 5.75 Å². The van der Waals surface area contributed by atoms with Crippen LogP contribution in [0.1, 0.15) is 18.4 Å². The number of aromatic hydroxyl groups is 1. The third kappa shape index (κ3) is 4.02. The average molecular weight is 406 g/mol. The van der Waals surface area contributed by atoms with Crippen molar-refractivity contribution in [1.82, 2.24) is 0 Å². The van der Waals surface area contributed by atoms with Crippen molar-refractivity contribution in [2.45, 2.75) is 17.7 Å². The molecule has 0 aliphatic heterocycles. The molecular formula is C18H16ClN3O4S. The molecule has 0 saturated carbocycles. The number of sulfonamides is 1. The summed E-state index contributed by atoms with van der Waals surface area (Å²) in [5.74, 6) is -1.03. The molecule has 0 bridgehead atoms. The molecule has 0 amide bonds. The number of phenols is 1. The van der Waals surface area contributed by atoms with E-state index in [1.54, 1.807) is 19.1 Å². The number of hydrogen-bond acceptors (Lipinski definition) is 6. The van der Waals surface area contributed by atoms with Crippen LogP contribution in [0.25, 0.3) is 0 Å². The molecule has 0 aromatic heterocycles. The monoisotopic (exact) mass is 405 g/mol. The van der Waals surface area contributed by atoms with E-state index < -0.39 is 15.9 Å². The maximum atomic E-state index is 12.8. The summed E-state index contributed by atoms with van der Waals surface area (Å²) in [5, 5.41) is 19.5. The van der Waals surface area contributed by atoms with Crippen molar-refractivity contribution in [3.63, 3.8) is 0 Å². The number of hydrogen-bond donors (Lipinski definition) is 3. The van der Waals surface area contributed by atoms with Crippen molar-refractivity contribution in [1.29, 1.82) is 0 Å². The molecule has 4 N–H and O–H groups in total. The summed E-state index contributed by atoms with van der Waals surface area (Å²) in [6.07, 6.45) is 1.70. The first kappa shape index (κ1) is 19.1. The second kappa shape index (κ2) is 7.15. The van der Waals surface area contributed by atoms with Gasteiger partial charge in [0, 0.05) is 5.02 Å². The molecule has 0 heterocycles. The number of nitrogens with zero attached hydrogens (tertiary/aromatic N) is 1. The Morgan fingerprint density at radius 2 is 1.96 bits per heavy atom. The number of ketones is 1. The van der Waals surface area contributed by atoms with Gasteiger partial charge in [-0.1, -0.05) is 29.8 Å². The normalized spacial score (nSPS) is 18.6. The first-order valence-electron chi connectivity index (χ1n) is 7.85. The fourth-order valence-electron chi connectivity index (χ4n) is 2.74. The van der Waals surface area contributed by atoms with Gasteiger partial charge in [-0.05, 0) is 48.4 Å². The summed E-state index contributed by atoms with van der Waals surface area (Å²) < 4.78 is 23.1. The molecule has 0 saturated heterocycles. The largest absolute Gasteiger partial charge is 0.506 e. The van der Waals surface area contributed by atoms with Crippen LogP contribution in [0.3, 0.4) is 0 Å². The highest BCUT2D eigenvalue weighted by molar-refractivity contribution is 7.89. The standard InChI is InChI=1S/C18H16ClN3O4S/c1-10-7-14(11-3-2-4-13(8-11)27(20,25)26)18(24)17(10)22-21-15-9-12(19)5-6-16(15)23/h2-9,14,21,23H,1H3,(H2,20,25,26). The average Bonchev–Trinajstić information content (AvgIpc) is 2.89. The van der Waals surface area contributed by atoms with Gasteiger partial charge in [0.2, 0.25) is 10.0 Å². The number of primary sulfonamides is 1. The zero-order chi connectivity index (χ0) is 19.8. The Morgan fingerprint density at radius 3 is 2.67 bits per heavy atom. The van der Waals surface area contributed by atoms with E-state index in [0.29, 0.717) is 16.2 Å². The van der Waals surface area contributed by atoms with E-state index in [9.17, 15) is 18.3 Å². The molecule has 2 aromatic carbocycles. The van der Waals surface area contributed by atoms with E-state index in [2.05, 4.69) is 10.5 Å². The Kier molecular flexibility index (Phi) is 5.05. The molecule has 1 aliphatic rings. The molecule has 0 radical (unpaired) electrons. The molecule has 1 aliphatic carbocycles. The lowest BCUT2D eigenvalue weighted by Gasteiger charge is -2.09. The quantitative estimate of drug-likeness (QED) is 0.533. The third-order valence-corrected chi connectivity index (χ3v) is 5.24. The number of rotatable bonds is 4. The van der Waals surface area contributed by atoms with Crippen molar-refractivity contribution < 1.29 is 18.3 Å². The summed E-state index contributed by atoms with van der Waals surface area (Å²) in [7, 11) is -3.87. The summed E-state index contributed by atoms with van der Waals surface area (Å²) >= 11 is 5.89. The topological polar surface area (TPSA) is 122 Å². The number of halogens is 1. The fourth-order valence-corrected chi connectivity index (χ4v) is 3.48. The van der Waals surface area contributed by atoms with Crippen molar-refractivity contribution in [2.75, 3.05) is 5.43 Å². The molecular weight excluding hydrogens is 390 g/mol. The zero-order valence-electron chi connectivity index (χ0n) is 14.2. The van der Waals surface area contributed by atoms with E-state index in [1.165, 1.54) is 36.4 Å². The summed E-state index contributed by atoms with van der Waals surface area (Å²) in [6, 6.07) is 10.3. The Morgan fingerprint density at radius 1 is 1.22 bits per heavy atom. The predicted octanol–water partition coefficient (Wildman–Crippen LogP) is 2.77. The lowest BCUT2D eigenvalue weighted by Crippen LogP contribution is -2.17. The van der Waals surface area contributed by atoms with Gasteiger partial charge in [-0.3, -0.25) is 10.2 Å². The van der Waals surface area contributed by atoms with Crippen molar-refractivity contribution in [3.05, 3.63) is 64.7 Å². The van der Waals surface area contributed by atoms with Crippen molar-refractivity contribution in [2.24, 2.45) is 10.2 Å². The molecule has 1 unspecified atom stereocenters. The summed E-state index contributed by atoms with van der Waals surface area (Å²) in [4.78, 5) is 12.7. The lowest BCUT2D eigenvalue weighted by molar-refractivity contribution is -0.113. The number of benzene rings is 2. The molecule has 27 heavy (non-hydrogen) atoms. The highest BCUT2D eigenvalue weighted by atomic mass is 35.5. The molecule has 7 nitrogen and oxygen atoms in total. The van der Waals surface area contributed by atoms with Gasteiger partial charge in [0.25, 0.3) is 0 Å². The van der Waals surface area contributed by atoms with E-state index >= 15 is 0 Å². The van der Waals surface area contributed by atoms with Crippen LogP contribution >= 0.6 is 11.6 Å². The van der Waals surface area contributed by atoms with E-state index in [1.807, 2.05) is 0 Å². The first-order chi connectivity index (χ1) is 12.7. The van der Waals surface area contributed by atoms with Crippen LogP contribution < -0.4 is 10.6 Å². The molecule has 2 aromatic rings. The number of Topliss-reactive ketones (excluding diaryl/α,β-unsaturated/α-hetero) is 1. The van der Waals surface area contributed by atoms with Crippen molar-refractivity contribution >= 4 is 38.8 Å². The van der Waals surface area contributed by atoms with Crippen LogP contribution in [0.2, 0.25) is 5.02 Å². The van der Waals surface area contributed by atoms with Gasteiger partial charge < -0.3 is 5.11 Å². The Balaban J connectivity index is 1.89. The minimum atomic E-state index is -3.87. The van der Waals surface area contributed by atoms with E-state index in [0.717, 1.165) is 0 Å². The Hall–Kier alpha value is -2.68. The smallest absolute Gasteiger partial charge is 0.238 e. The van der Waals surface area contributed by atoms with Crippen LogP contribution in [-0.4, -0.2) is 25.0 Å². The number of allylic oxidation sites excluding steroid dienone is 2. The summed E-state index contributed by atoms with van der Waals surface area (Å²) in [5.41, 5.74) is 4.21. The Labute approximate surface area is 161 Å². The van der Waals surface area contributed by atoms with Crippen LogP contribution in [0, 0.1) is 0 Å². The van der Waals surface area contributed by atoms with Gasteiger partial charge >= 0.3 is 0 Å². The highest BCUT2D eigenvalue weighted by Crippen LogP contribution is 2.31. The minimum Gasteiger partial charge on any atom is -0.506 e. The molecule has 0 fully saturated rings. The second-order valence-corrected chi connectivity index (χ2v) is 8.04. The predicted molar refractivity (Wildman–Crippen MR) is 103 cm³/mol. The highest BCUT2D eigenvalue weighted by Gasteiger charge is 2.31. The van der Waals surface area contributed by atoms with Crippen LogP contribution in [0.4, 0.5) is 5.69 Å². The fraction of sp³-hybridized carbons (Fsp3) is 0.111. The van der Waals surface area contributed by atoms with Crippen molar-refractivity contribution in [3.8, 4) is 5.75 Å². The van der Waals surface area contributed by atoms with Gasteiger partial charge in [-0.2, -0.15) is 5.10 Å². The zero-order valence-corrected chi connectivity index (χ0v) is 15.8. The maximum Gasteiger partial charge on any atom is 0.238 e. The van der Waals surface area contributed by atoms with Gasteiger partial charge in [0.1, 0.15) is 11.5 Å². The number of hydrazone groups is 1. The SMILES string of the molecule is CC1=CC(c2cccc(S(N)(=O)=O)c2)C(=O)C1=NNc1cc(Cl)ccc1O. The lowest BCUT2D eigenvalue weighted by atomic mass is 9.97. The number of phenolic OH excluding ortho intramolecular Hbond substituents is 1. The van der Waals surface area contributed by atoms with Crippen LogP contribution in [0.15, 0.2) is 64.1 Å². The third-order valence-electron chi connectivity index (χ3n) is 4.10. The maximum absolute atomic E-state index is 12.8. The first-order valence-corrected chi connectivity index (χ1v) is 9.77. The van der Waals surface area contributed by atoms with E-state index in [-0.39, 0.29) is 27.8 Å². The minimum absolute atomic E-state index is 0.0618. The van der Waals surface area contributed by atoms with Gasteiger partial charge in [0.05, 0.1) is 16.5 Å². The second-order valence-electron chi connectivity index (χ2n) is 6.04. The molecule has 140 valence electrons. The molecule has 0 spiro atoms. The van der Waals surface area contributed by atoms with Gasteiger partial charge in [-0.25, -0.2) is 13.6 Å². The van der Waals surface area contributed by atoms with E-state index in [4.69, 9.17) is 16.7 Å².